The van der Waals surface area contributed by atoms with Crippen LogP contribution in [0.4, 0.5) is 0 Å². The molecule has 0 N–H and O–H groups in total. The molecule has 2 aliphatic heterocycles. The van der Waals surface area contributed by atoms with E-state index < -0.39 is 0 Å². The monoisotopic (exact) mass is 329 g/mol. The molecule has 1 aromatic carbocycles. The lowest BCUT2D eigenvalue weighted by atomic mass is 10.1. The first-order chi connectivity index (χ1) is 8.83. The van der Waals surface area contributed by atoms with Gasteiger partial charge in [0.05, 0.1) is 0 Å². The Labute approximate surface area is 120 Å². The van der Waals surface area contributed by atoms with Gasteiger partial charge in [0.1, 0.15) is 13.2 Å². The highest BCUT2D eigenvalue weighted by Gasteiger charge is 2.17. The Kier molecular flexibility index (Phi) is 4.01. The minimum atomic E-state index is 0.641. The number of hydrogen-bond donors (Lipinski definition) is 0. The van der Waals surface area contributed by atoms with Crippen molar-refractivity contribution in [3.05, 3.63) is 22.2 Å². The van der Waals surface area contributed by atoms with Gasteiger partial charge >= 0.3 is 0 Å². The summed E-state index contributed by atoms with van der Waals surface area (Å²) in [7, 11) is 0. The van der Waals surface area contributed by atoms with E-state index in [1.807, 2.05) is 17.8 Å². The van der Waals surface area contributed by atoms with Crippen LogP contribution >= 0.6 is 27.7 Å². The molecule has 18 heavy (non-hydrogen) atoms. The number of rotatable bonds is 2. The minimum absolute atomic E-state index is 0.641. The Hall–Kier alpha value is -0.390. The van der Waals surface area contributed by atoms with E-state index in [1.54, 1.807) is 0 Å². The van der Waals surface area contributed by atoms with Gasteiger partial charge in [-0.15, -0.1) is 0 Å². The number of nitrogens with zero attached hydrogens (tertiary/aromatic N) is 1. The third-order valence-corrected chi connectivity index (χ3v) is 4.89. The first-order valence-electron chi connectivity index (χ1n) is 6.21. The number of hydrogen-bond acceptors (Lipinski definition) is 4. The van der Waals surface area contributed by atoms with E-state index in [2.05, 4.69) is 26.9 Å². The molecule has 0 atom stereocenters. The van der Waals surface area contributed by atoms with E-state index in [9.17, 15) is 0 Å². The molecule has 1 fully saturated rings. The van der Waals surface area contributed by atoms with E-state index in [1.165, 1.54) is 30.2 Å². The van der Waals surface area contributed by atoms with Crippen molar-refractivity contribution in [3.8, 4) is 11.5 Å². The Morgan fingerprint density at radius 2 is 1.78 bits per heavy atom. The summed E-state index contributed by atoms with van der Waals surface area (Å²) >= 11 is 5.67. The summed E-state index contributed by atoms with van der Waals surface area (Å²) in [5.74, 6) is 4.21. The van der Waals surface area contributed by atoms with Crippen LogP contribution in [0, 0.1) is 0 Å². The number of ether oxygens (including phenoxy) is 2. The highest BCUT2D eigenvalue weighted by atomic mass is 79.9. The molecule has 3 rings (SSSR count). The average molecular weight is 330 g/mol. The Morgan fingerprint density at radius 3 is 2.50 bits per heavy atom. The van der Waals surface area contributed by atoms with Gasteiger partial charge in [0.2, 0.25) is 0 Å². The average Bonchev–Trinajstić information content (AvgIpc) is 2.41. The quantitative estimate of drug-likeness (QED) is 0.831. The van der Waals surface area contributed by atoms with Crippen LogP contribution in [0.25, 0.3) is 0 Å². The van der Waals surface area contributed by atoms with Crippen LogP contribution in [0.2, 0.25) is 0 Å². The van der Waals surface area contributed by atoms with Crippen LogP contribution in [-0.4, -0.2) is 42.7 Å². The molecule has 2 aliphatic rings. The van der Waals surface area contributed by atoms with Crippen molar-refractivity contribution in [1.29, 1.82) is 0 Å². The van der Waals surface area contributed by atoms with E-state index in [4.69, 9.17) is 9.47 Å². The van der Waals surface area contributed by atoms with Gasteiger partial charge in [-0.25, -0.2) is 0 Å². The maximum absolute atomic E-state index is 5.64. The van der Waals surface area contributed by atoms with E-state index in [-0.39, 0.29) is 0 Å². The van der Waals surface area contributed by atoms with Gasteiger partial charge in [-0.2, -0.15) is 11.8 Å². The first-order valence-corrected chi connectivity index (χ1v) is 8.16. The van der Waals surface area contributed by atoms with Crippen molar-refractivity contribution in [2.24, 2.45) is 0 Å². The molecule has 0 radical (unpaired) electrons. The lowest BCUT2D eigenvalue weighted by molar-refractivity contribution is 0.171. The van der Waals surface area contributed by atoms with Crippen LogP contribution < -0.4 is 9.47 Å². The minimum Gasteiger partial charge on any atom is -0.486 e. The third kappa shape index (κ3) is 2.78. The van der Waals surface area contributed by atoms with Crippen molar-refractivity contribution in [3.63, 3.8) is 0 Å². The van der Waals surface area contributed by atoms with Gasteiger partial charge in [0.25, 0.3) is 0 Å². The van der Waals surface area contributed by atoms with Gasteiger partial charge in [0.15, 0.2) is 11.5 Å². The molecule has 2 heterocycles. The number of thioether (sulfide) groups is 1. The maximum atomic E-state index is 5.64. The molecule has 0 bridgehead atoms. The first kappa shape index (κ1) is 12.6. The second kappa shape index (κ2) is 5.72. The highest BCUT2D eigenvalue weighted by molar-refractivity contribution is 9.10. The van der Waals surface area contributed by atoms with E-state index in [0.717, 1.165) is 22.5 Å². The zero-order chi connectivity index (χ0) is 12.4. The molecule has 0 spiro atoms. The third-order valence-electron chi connectivity index (χ3n) is 3.21. The van der Waals surface area contributed by atoms with Gasteiger partial charge in [-0.1, -0.05) is 15.9 Å². The Balaban J connectivity index is 1.78. The van der Waals surface area contributed by atoms with E-state index >= 15 is 0 Å². The van der Waals surface area contributed by atoms with Crippen LogP contribution in [0.3, 0.4) is 0 Å². The predicted octanol–water partition coefficient (Wildman–Crippen LogP) is 2.77. The smallest absolute Gasteiger partial charge is 0.162 e. The summed E-state index contributed by atoms with van der Waals surface area (Å²) < 4.78 is 12.3. The number of fused-ring (bicyclic) bond motifs is 1. The molecule has 0 amide bonds. The summed E-state index contributed by atoms with van der Waals surface area (Å²) in [6.45, 7) is 4.62. The molecular weight excluding hydrogens is 314 g/mol. The fourth-order valence-corrected chi connectivity index (χ4v) is 3.65. The van der Waals surface area contributed by atoms with Crippen LogP contribution in [0.1, 0.15) is 5.56 Å². The molecule has 0 aliphatic carbocycles. The molecular formula is C13H16BrNO2S. The summed E-state index contributed by atoms with van der Waals surface area (Å²) in [6, 6.07) is 4.14. The second-order valence-corrected chi connectivity index (χ2v) is 6.55. The zero-order valence-corrected chi connectivity index (χ0v) is 12.6. The fraction of sp³-hybridized carbons (Fsp3) is 0.538. The molecule has 1 aromatic rings. The van der Waals surface area contributed by atoms with Gasteiger partial charge in [0, 0.05) is 35.6 Å². The van der Waals surface area contributed by atoms with Gasteiger partial charge < -0.3 is 9.47 Å². The van der Waals surface area contributed by atoms with Crippen molar-refractivity contribution in [1.82, 2.24) is 4.90 Å². The number of halogens is 1. The lowest BCUT2D eigenvalue weighted by Crippen LogP contribution is -2.32. The van der Waals surface area contributed by atoms with Crippen molar-refractivity contribution in [2.75, 3.05) is 37.8 Å². The Bertz CT molecular complexity index is 435. The summed E-state index contributed by atoms with van der Waals surface area (Å²) in [5, 5.41) is 0. The zero-order valence-electron chi connectivity index (χ0n) is 10.2. The molecule has 1 saturated heterocycles. The second-order valence-electron chi connectivity index (χ2n) is 4.48. The van der Waals surface area contributed by atoms with Crippen LogP contribution in [-0.2, 0) is 6.54 Å². The standard InChI is InChI=1S/C13H16BrNO2S/c14-11-8-13-12(16-3-4-17-13)7-10(11)9-15-1-5-18-6-2-15/h7-8H,1-6,9H2. The largest absolute Gasteiger partial charge is 0.486 e. The van der Waals surface area contributed by atoms with Crippen molar-refractivity contribution in [2.45, 2.75) is 6.54 Å². The van der Waals surface area contributed by atoms with Crippen LogP contribution in [0.5, 0.6) is 11.5 Å². The highest BCUT2D eigenvalue weighted by Crippen LogP contribution is 2.36. The molecule has 5 heteroatoms. The molecule has 0 aromatic heterocycles. The van der Waals surface area contributed by atoms with Crippen molar-refractivity contribution < 1.29 is 9.47 Å². The summed E-state index contributed by atoms with van der Waals surface area (Å²) in [5.41, 5.74) is 1.28. The fourth-order valence-electron chi connectivity index (χ4n) is 2.23. The van der Waals surface area contributed by atoms with Gasteiger partial charge in [-0.3, -0.25) is 4.90 Å². The summed E-state index contributed by atoms with van der Waals surface area (Å²) in [4.78, 5) is 2.49. The van der Waals surface area contributed by atoms with E-state index in [0.29, 0.717) is 13.2 Å². The van der Waals surface area contributed by atoms with Gasteiger partial charge in [-0.05, 0) is 17.7 Å². The normalized spacial score (nSPS) is 19.8. The molecule has 0 saturated carbocycles. The predicted molar refractivity (Wildman–Crippen MR) is 77.7 cm³/mol. The molecule has 3 nitrogen and oxygen atoms in total. The lowest BCUT2D eigenvalue weighted by Gasteiger charge is -2.27. The molecule has 0 unspecified atom stereocenters. The number of benzene rings is 1. The molecule has 98 valence electrons. The topological polar surface area (TPSA) is 21.7 Å². The maximum Gasteiger partial charge on any atom is 0.162 e. The van der Waals surface area contributed by atoms with Crippen molar-refractivity contribution >= 4 is 27.7 Å². The summed E-state index contributed by atoms with van der Waals surface area (Å²) in [6.07, 6.45) is 0. The Morgan fingerprint density at radius 1 is 1.11 bits per heavy atom. The SMILES string of the molecule is Brc1cc2c(cc1CN1CCSCC1)OCCO2. The van der Waals surface area contributed by atoms with Crippen LogP contribution in [0.15, 0.2) is 16.6 Å².